The van der Waals surface area contributed by atoms with Crippen LogP contribution in [0, 0.1) is 11.3 Å². The van der Waals surface area contributed by atoms with Crippen molar-refractivity contribution in [3.63, 3.8) is 0 Å². The van der Waals surface area contributed by atoms with Crippen molar-refractivity contribution in [2.24, 2.45) is 0 Å². The maximum Gasteiger partial charge on any atom is 0.159 e. The molecule has 0 unspecified atom stereocenters. The summed E-state index contributed by atoms with van der Waals surface area (Å²) in [5, 5.41) is 14.2. The molecule has 30 heavy (non-hydrogen) atoms. The van der Waals surface area contributed by atoms with Crippen LogP contribution in [0.1, 0.15) is 5.56 Å². The Morgan fingerprint density at radius 1 is 0.900 bits per heavy atom. The average molecular weight is 388 g/mol. The standard InChI is InChI=1S/C24H16N6/c25-13-19-14-26-15-21(16-3-1-4-18(11-16)24-28-8-2-9-29-24)23(19)30-20-5-6-22-17(12-20)7-10-27-22/h1-12,14-15,27H,(H,26,30). The van der Waals surface area contributed by atoms with E-state index in [-0.39, 0.29) is 0 Å². The smallest absolute Gasteiger partial charge is 0.159 e. The van der Waals surface area contributed by atoms with E-state index < -0.39 is 0 Å². The summed E-state index contributed by atoms with van der Waals surface area (Å²) in [4.78, 5) is 16.1. The van der Waals surface area contributed by atoms with Crippen LogP contribution in [0.2, 0.25) is 0 Å². The monoisotopic (exact) mass is 388 g/mol. The van der Waals surface area contributed by atoms with E-state index >= 15 is 0 Å². The molecule has 3 heterocycles. The summed E-state index contributed by atoms with van der Waals surface area (Å²) in [6.45, 7) is 0. The third-order valence-corrected chi connectivity index (χ3v) is 4.89. The van der Waals surface area contributed by atoms with Crippen LogP contribution in [0.5, 0.6) is 0 Å². The van der Waals surface area contributed by atoms with E-state index in [0.717, 1.165) is 33.3 Å². The molecule has 0 saturated carbocycles. The number of aromatic nitrogens is 4. The second-order valence-electron chi connectivity index (χ2n) is 6.78. The molecule has 0 aliphatic rings. The van der Waals surface area contributed by atoms with Gasteiger partial charge in [0.2, 0.25) is 0 Å². The van der Waals surface area contributed by atoms with Crippen LogP contribution in [-0.2, 0) is 0 Å². The van der Waals surface area contributed by atoms with Gasteiger partial charge in [0.15, 0.2) is 5.82 Å². The van der Waals surface area contributed by atoms with Gasteiger partial charge in [0.25, 0.3) is 0 Å². The highest BCUT2D eigenvalue weighted by atomic mass is 14.9. The first-order chi connectivity index (χ1) is 14.8. The van der Waals surface area contributed by atoms with Crippen molar-refractivity contribution in [2.75, 3.05) is 5.32 Å². The Labute approximate surface area is 172 Å². The first kappa shape index (κ1) is 17.6. The molecule has 0 atom stereocenters. The maximum atomic E-state index is 9.68. The van der Waals surface area contributed by atoms with Crippen molar-refractivity contribution in [1.82, 2.24) is 19.9 Å². The second kappa shape index (κ2) is 7.49. The quantitative estimate of drug-likeness (QED) is 0.436. The lowest BCUT2D eigenvalue weighted by molar-refractivity contribution is 1.18. The fourth-order valence-electron chi connectivity index (χ4n) is 3.45. The van der Waals surface area contributed by atoms with Crippen LogP contribution >= 0.6 is 0 Å². The van der Waals surface area contributed by atoms with Crippen LogP contribution in [-0.4, -0.2) is 19.9 Å². The Morgan fingerprint density at radius 2 is 1.77 bits per heavy atom. The fourth-order valence-corrected chi connectivity index (χ4v) is 3.45. The molecule has 0 amide bonds. The number of anilines is 2. The minimum absolute atomic E-state index is 0.475. The molecule has 0 fully saturated rings. The number of nitrogens with one attached hydrogen (secondary N) is 2. The Hall–Kier alpha value is -4.50. The van der Waals surface area contributed by atoms with E-state index in [1.54, 1.807) is 30.9 Å². The van der Waals surface area contributed by atoms with Gasteiger partial charge in [-0.15, -0.1) is 0 Å². The number of nitriles is 1. The molecule has 0 bridgehead atoms. The molecule has 0 spiro atoms. The van der Waals surface area contributed by atoms with Crippen LogP contribution in [0.25, 0.3) is 33.4 Å². The molecule has 6 heteroatoms. The summed E-state index contributed by atoms with van der Waals surface area (Å²) in [5.74, 6) is 0.649. The van der Waals surface area contributed by atoms with E-state index in [2.05, 4.69) is 31.3 Å². The van der Waals surface area contributed by atoms with E-state index in [1.165, 1.54) is 0 Å². The Bertz CT molecular complexity index is 1380. The zero-order chi connectivity index (χ0) is 20.3. The second-order valence-corrected chi connectivity index (χ2v) is 6.78. The Morgan fingerprint density at radius 3 is 2.63 bits per heavy atom. The first-order valence-corrected chi connectivity index (χ1v) is 9.42. The predicted molar refractivity (Wildman–Crippen MR) is 117 cm³/mol. The number of aromatic amines is 1. The number of fused-ring (bicyclic) bond motifs is 1. The molecule has 2 N–H and O–H groups in total. The number of H-pyrrole nitrogens is 1. The van der Waals surface area contributed by atoms with E-state index in [1.807, 2.05) is 54.7 Å². The number of benzene rings is 2. The molecule has 5 aromatic rings. The third kappa shape index (κ3) is 3.25. The molecule has 5 rings (SSSR count). The summed E-state index contributed by atoms with van der Waals surface area (Å²) < 4.78 is 0. The Balaban J connectivity index is 1.60. The topological polar surface area (TPSA) is 90.3 Å². The molecule has 0 aliphatic heterocycles. The lowest BCUT2D eigenvalue weighted by atomic mass is 10.0. The van der Waals surface area contributed by atoms with Gasteiger partial charge in [0, 0.05) is 58.7 Å². The highest BCUT2D eigenvalue weighted by molar-refractivity contribution is 5.89. The summed E-state index contributed by atoms with van der Waals surface area (Å²) >= 11 is 0. The van der Waals surface area contributed by atoms with E-state index in [4.69, 9.17) is 0 Å². The number of pyridine rings is 1. The molecule has 3 aromatic heterocycles. The minimum Gasteiger partial charge on any atom is -0.361 e. The molecule has 6 nitrogen and oxygen atoms in total. The third-order valence-electron chi connectivity index (χ3n) is 4.89. The van der Waals surface area contributed by atoms with Crippen molar-refractivity contribution in [3.8, 4) is 28.6 Å². The highest BCUT2D eigenvalue weighted by Crippen LogP contribution is 2.34. The maximum absolute atomic E-state index is 9.68. The predicted octanol–water partition coefficient (Wildman–Crippen LogP) is 5.30. The van der Waals surface area contributed by atoms with Crippen LogP contribution in [0.15, 0.2) is 85.6 Å². The lowest BCUT2D eigenvalue weighted by Crippen LogP contribution is -1.98. The largest absolute Gasteiger partial charge is 0.361 e. The van der Waals surface area contributed by atoms with Crippen LogP contribution < -0.4 is 5.32 Å². The minimum atomic E-state index is 0.475. The number of nitrogens with zero attached hydrogens (tertiary/aromatic N) is 4. The summed E-state index contributed by atoms with van der Waals surface area (Å²) in [6, 6.07) is 20.0. The number of hydrogen-bond acceptors (Lipinski definition) is 5. The van der Waals surface area contributed by atoms with Crippen LogP contribution in [0.4, 0.5) is 11.4 Å². The first-order valence-electron chi connectivity index (χ1n) is 9.42. The normalized spacial score (nSPS) is 10.6. The van der Waals surface area contributed by atoms with Gasteiger partial charge in [0.1, 0.15) is 6.07 Å². The number of hydrogen-bond donors (Lipinski definition) is 2. The van der Waals surface area contributed by atoms with Crippen molar-refractivity contribution in [3.05, 3.63) is 91.1 Å². The van der Waals surface area contributed by atoms with Gasteiger partial charge in [-0.25, -0.2) is 9.97 Å². The molecule has 0 aliphatic carbocycles. The fraction of sp³-hybridized carbons (Fsp3) is 0. The molecule has 142 valence electrons. The molecule has 0 radical (unpaired) electrons. The van der Waals surface area contributed by atoms with Crippen LogP contribution in [0.3, 0.4) is 0 Å². The molecule has 2 aromatic carbocycles. The van der Waals surface area contributed by atoms with Gasteiger partial charge in [-0.05, 0) is 42.0 Å². The lowest BCUT2D eigenvalue weighted by Gasteiger charge is -2.14. The summed E-state index contributed by atoms with van der Waals surface area (Å²) in [6.07, 6.45) is 8.69. The molecular weight excluding hydrogens is 372 g/mol. The van der Waals surface area contributed by atoms with Crippen molar-refractivity contribution in [1.29, 1.82) is 5.26 Å². The van der Waals surface area contributed by atoms with Gasteiger partial charge >= 0.3 is 0 Å². The average Bonchev–Trinajstić information content (AvgIpc) is 3.28. The van der Waals surface area contributed by atoms with E-state index in [0.29, 0.717) is 17.1 Å². The van der Waals surface area contributed by atoms with Crippen molar-refractivity contribution >= 4 is 22.3 Å². The summed E-state index contributed by atoms with van der Waals surface area (Å²) in [7, 11) is 0. The number of rotatable bonds is 4. The van der Waals surface area contributed by atoms with Crippen molar-refractivity contribution < 1.29 is 0 Å². The van der Waals surface area contributed by atoms with Gasteiger partial charge in [0.05, 0.1) is 11.3 Å². The molecule has 0 saturated heterocycles. The van der Waals surface area contributed by atoms with Crippen molar-refractivity contribution in [2.45, 2.75) is 0 Å². The van der Waals surface area contributed by atoms with Gasteiger partial charge in [-0.2, -0.15) is 5.26 Å². The molecular formula is C24H16N6. The Kier molecular flexibility index (Phi) is 4.39. The van der Waals surface area contributed by atoms with Gasteiger partial charge in [-0.1, -0.05) is 18.2 Å². The zero-order valence-electron chi connectivity index (χ0n) is 15.9. The zero-order valence-corrected chi connectivity index (χ0v) is 15.9. The highest BCUT2D eigenvalue weighted by Gasteiger charge is 2.13. The van der Waals surface area contributed by atoms with Gasteiger partial charge in [-0.3, -0.25) is 4.98 Å². The van der Waals surface area contributed by atoms with E-state index in [9.17, 15) is 5.26 Å². The summed E-state index contributed by atoms with van der Waals surface area (Å²) in [5.41, 5.74) is 5.81. The van der Waals surface area contributed by atoms with Gasteiger partial charge < -0.3 is 10.3 Å². The SMILES string of the molecule is N#Cc1cncc(-c2cccc(-c3ncccn3)c2)c1Nc1ccc2[nH]ccc2c1.